The first-order chi connectivity index (χ1) is 10.1. The van der Waals surface area contributed by atoms with E-state index in [2.05, 4.69) is 16.9 Å². The highest BCUT2D eigenvalue weighted by molar-refractivity contribution is 7.99. The van der Waals surface area contributed by atoms with Gasteiger partial charge in [-0.25, -0.2) is 9.97 Å². The fourth-order valence-corrected chi connectivity index (χ4v) is 2.94. The maximum absolute atomic E-state index is 11.2. The second-order valence-corrected chi connectivity index (χ2v) is 5.91. The SMILES string of the molecule is CCCCSc1nc(N)cc(N2CCO[C@@H](C(N)=O)C2)n1. The Balaban J connectivity index is 2.09. The van der Waals surface area contributed by atoms with Gasteiger partial charge >= 0.3 is 0 Å². The number of carbonyl (C=O) groups excluding carboxylic acids is 1. The van der Waals surface area contributed by atoms with Gasteiger partial charge in [-0.1, -0.05) is 25.1 Å². The second-order valence-electron chi connectivity index (χ2n) is 4.84. The van der Waals surface area contributed by atoms with E-state index in [-0.39, 0.29) is 0 Å². The van der Waals surface area contributed by atoms with Gasteiger partial charge in [0.2, 0.25) is 5.91 Å². The minimum absolute atomic E-state index is 0.394. The lowest BCUT2D eigenvalue weighted by Crippen LogP contribution is -2.48. The summed E-state index contributed by atoms with van der Waals surface area (Å²) < 4.78 is 5.33. The average Bonchev–Trinajstić information content (AvgIpc) is 2.47. The van der Waals surface area contributed by atoms with Crippen molar-refractivity contribution in [3.8, 4) is 0 Å². The van der Waals surface area contributed by atoms with E-state index in [1.54, 1.807) is 17.8 Å². The van der Waals surface area contributed by atoms with Crippen molar-refractivity contribution in [3.63, 3.8) is 0 Å². The number of hydrogen-bond acceptors (Lipinski definition) is 7. The van der Waals surface area contributed by atoms with Crippen LogP contribution in [0.5, 0.6) is 0 Å². The summed E-state index contributed by atoms with van der Waals surface area (Å²) in [5.74, 6) is 1.66. The summed E-state index contributed by atoms with van der Waals surface area (Å²) in [5.41, 5.74) is 11.1. The van der Waals surface area contributed by atoms with Gasteiger partial charge in [0.25, 0.3) is 0 Å². The molecule has 8 heteroatoms. The highest BCUT2D eigenvalue weighted by Gasteiger charge is 2.26. The van der Waals surface area contributed by atoms with Crippen LogP contribution in [0.4, 0.5) is 11.6 Å². The third-order valence-corrected chi connectivity index (χ3v) is 4.08. The molecular formula is C13H21N5O2S. The van der Waals surface area contributed by atoms with Crippen molar-refractivity contribution < 1.29 is 9.53 Å². The summed E-state index contributed by atoms with van der Waals surface area (Å²) in [6.45, 7) is 3.63. The van der Waals surface area contributed by atoms with E-state index >= 15 is 0 Å². The number of thioether (sulfide) groups is 1. The molecular weight excluding hydrogens is 290 g/mol. The van der Waals surface area contributed by atoms with Crippen molar-refractivity contribution in [2.75, 3.05) is 36.1 Å². The van der Waals surface area contributed by atoms with Gasteiger partial charge in [0, 0.05) is 18.4 Å². The molecule has 0 bridgehead atoms. The number of anilines is 2. The fourth-order valence-electron chi connectivity index (χ4n) is 1.99. The van der Waals surface area contributed by atoms with E-state index in [1.165, 1.54) is 0 Å². The third-order valence-electron chi connectivity index (χ3n) is 3.15. The quantitative estimate of drug-likeness (QED) is 0.451. The Morgan fingerprint density at radius 1 is 1.57 bits per heavy atom. The number of nitrogen functional groups attached to an aromatic ring is 1. The van der Waals surface area contributed by atoms with E-state index in [0.717, 1.165) is 24.4 Å². The molecule has 0 spiro atoms. The van der Waals surface area contributed by atoms with Crippen LogP contribution in [-0.4, -0.2) is 47.4 Å². The normalized spacial score (nSPS) is 18.7. The highest BCUT2D eigenvalue weighted by atomic mass is 32.2. The van der Waals surface area contributed by atoms with Crippen LogP contribution in [0.2, 0.25) is 0 Å². The van der Waals surface area contributed by atoms with Crippen molar-refractivity contribution in [1.29, 1.82) is 0 Å². The molecule has 1 saturated heterocycles. The Morgan fingerprint density at radius 3 is 3.10 bits per heavy atom. The summed E-state index contributed by atoms with van der Waals surface area (Å²) in [6, 6.07) is 1.72. The van der Waals surface area contributed by atoms with Gasteiger partial charge in [-0.2, -0.15) is 0 Å². The summed E-state index contributed by atoms with van der Waals surface area (Å²) in [7, 11) is 0. The summed E-state index contributed by atoms with van der Waals surface area (Å²) >= 11 is 1.59. The van der Waals surface area contributed by atoms with Crippen molar-refractivity contribution in [3.05, 3.63) is 6.07 Å². The van der Waals surface area contributed by atoms with Crippen LogP contribution in [0, 0.1) is 0 Å². The minimum Gasteiger partial charge on any atom is -0.383 e. The molecule has 1 aromatic rings. The monoisotopic (exact) mass is 311 g/mol. The van der Waals surface area contributed by atoms with Gasteiger partial charge in [0.05, 0.1) is 13.2 Å². The van der Waals surface area contributed by atoms with Crippen molar-refractivity contribution >= 4 is 29.3 Å². The number of morpholine rings is 1. The van der Waals surface area contributed by atoms with Crippen molar-refractivity contribution in [1.82, 2.24) is 9.97 Å². The van der Waals surface area contributed by atoms with Crippen LogP contribution in [0.3, 0.4) is 0 Å². The molecule has 1 aromatic heterocycles. The van der Waals surface area contributed by atoms with Crippen LogP contribution in [0.25, 0.3) is 0 Å². The number of carbonyl (C=O) groups is 1. The van der Waals surface area contributed by atoms with Gasteiger partial charge in [0.1, 0.15) is 11.6 Å². The Morgan fingerprint density at radius 2 is 2.38 bits per heavy atom. The molecule has 0 unspecified atom stereocenters. The lowest BCUT2D eigenvalue weighted by molar-refractivity contribution is -0.130. The van der Waals surface area contributed by atoms with E-state index in [4.69, 9.17) is 16.2 Å². The predicted octanol–water partition coefficient (Wildman–Crippen LogP) is 0.642. The molecule has 4 N–H and O–H groups in total. The van der Waals surface area contributed by atoms with E-state index in [0.29, 0.717) is 30.7 Å². The summed E-state index contributed by atoms with van der Waals surface area (Å²) in [6.07, 6.45) is 1.64. The number of ether oxygens (including phenoxy) is 1. The van der Waals surface area contributed by atoms with Gasteiger partial charge in [-0.3, -0.25) is 4.79 Å². The van der Waals surface area contributed by atoms with Crippen LogP contribution >= 0.6 is 11.8 Å². The zero-order valence-electron chi connectivity index (χ0n) is 12.1. The minimum atomic E-state index is -0.605. The molecule has 0 saturated carbocycles. The number of hydrogen-bond donors (Lipinski definition) is 2. The Hall–Kier alpha value is -1.54. The van der Waals surface area contributed by atoms with Crippen LogP contribution in [0.15, 0.2) is 11.2 Å². The van der Waals surface area contributed by atoms with Gasteiger partial charge in [-0.05, 0) is 6.42 Å². The Labute approximate surface area is 128 Å². The Bertz CT molecular complexity index is 499. The van der Waals surface area contributed by atoms with E-state index in [9.17, 15) is 4.79 Å². The topological polar surface area (TPSA) is 107 Å². The molecule has 116 valence electrons. The largest absolute Gasteiger partial charge is 0.383 e. The average molecular weight is 311 g/mol. The second kappa shape index (κ2) is 7.46. The van der Waals surface area contributed by atoms with Crippen LogP contribution in [0.1, 0.15) is 19.8 Å². The highest BCUT2D eigenvalue weighted by Crippen LogP contribution is 2.22. The molecule has 7 nitrogen and oxygen atoms in total. The lowest BCUT2D eigenvalue weighted by atomic mass is 10.2. The number of rotatable bonds is 6. The molecule has 0 aromatic carbocycles. The number of primary amides is 1. The standard InChI is InChI=1S/C13H21N5O2S/c1-2-3-6-21-13-16-10(14)7-11(17-13)18-4-5-20-9(8-18)12(15)19/h7,9H,2-6,8H2,1H3,(H2,15,19)(H2,14,16,17)/t9-/m1/s1. The van der Waals surface area contributed by atoms with E-state index in [1.807, 2.05) is 4.90 Å². The number of aromatic nitrogens is 2. The number of amides is 1. The molecule has 21 heavy (non-hydrogen) atoms. The van der Waals surface area contributed by atoms with Gasteiger partial charge in [0.15, 0.2) is 11.3 Å². The van der Waals surface area contributed by atoms with Crippen molar-refractivity contribution in [2.45, 2.75) is 31.0 Å². The number of unbranched alkanes of at least 4 members (excludes halogenated alkanes) is 1. The lowest BCUT2D eigenvalue weighted by Gasteiger charge is -2.32. The van der Waals surface area contributed by atoms with Crippen LogP contribution in [-0.2, 0) is 9.53 Å². The third kappa shape index (κ3) is 4.47. The smallest absolute Gasteiger partial charge is 0.248 e. The maximum Gasteiger partial charge on any atom is 0.248 e. The molecule has 0 radical (unpaired) electrons. The summed E-state index contributed by atoms with van der Waals surface area (Å²) in [5, 5.41) is 0.667. The molecule has 2 rings (SSSR count). The van der Waals surface area contributed by atoms with Crippen molar-refractivity contribution in [2.24, 2.45) is 5.73 Å². The molecule has 0 aliphatic carbocycles. The van der Waals surface area contributed by atoms with Crippen LogP contribution < -0.4 is 16.4 Å². The Kier molecular flexibility index (Phi) is 5.63. The first kappa shape index (κ1) is 15.8. The zero-order chi connectivity index (χ0) is 15.2. The molecule has 1 fully saturated rings. The molecule has 1 aliphatic heterocycles. The zero-order valence-corrected chi connectivity index (χ0v) is 12.9. The first-order valence-corrected chi connectivity index (χ1v) is 8.02. The number of nitrogens with zero attached hydrogens (tertiary/aromatic N) is 3. The molecule has 1 atom stereocenters. The fraction of sp³-hybridized carbons (Fsp3) is 0.615. The van der Waals surface area contributed by atoms with Gasteiger partial charge < -0.3 is 21.1 Å². The van der Waals surface area contributed by atoms with Gasteiger partial charge in [-0.15, -0.1) is 0 Å². The molecule has 1 aliphatic rings. The first-order valence-electron chi connectivity index (χ1n) is 7.03. The predicted molar refractivity (Wildman–Crippen MR) is 83.2 cm³/mol. The summed E-state index contributed by atoms with van der Waals surface area (Å²) in [4.78, 5) is 22.0. The van der Waals surface area contributed by atoms with E-state index < -0.39 is 12.0 Å². The number of nitrogens with two attached hydrogens (primary N) is 2. The maximum atomic E-state index is 11.2. The molecule has 1 amide bonds. The molecule has 2 heterocycles.